The molecule has 0 bridgehead atoms. The van der Waals surface area contributed by atoms with Gasteiger partial charge in [-0.1, -0.05) is 6.92 Å². The first kappa shape index (κ1) is 13.0. The summed E-state index contributed by atoms with van der Waals surface area (Å²) >= 11 is 0. The fraction of sp³-hybridized carbons (Fsp3) is 0.818. The molecule has 1 amide bonds. The molecule has 5 nitrogen and oxygen atoms in total. The first-order chi connectivity index (χ1) is 7.64. The van der Waals surface area contributed by atoms with Crippen molar-refractivity contribution in [2.24, 2.45) is 0 Å². The molecular weight excluding hydrogens is 210 g/mol. The first-order valence-electron chi connectivity index (χ1n) is 5.63. The second-order valence-electron chi connectivity index (χ2n) is 3.92. The molecule has 1 heterocycles. The van der Waals surface area contributed by atoms with Crippen LogP contribution in [0.5, 0.6) is 0 Å². The summed E-state index contributed by atoms with van der Waals surface area (Å²) < 4.78 is 10.1. The summed E-state index contributed by atoms with van der Waals surface area (Å²) in [6, 6.07) is 0. The Morgan fingerprint density at radius 2 is 2.19 bits per heavy atom. The Balaban J connectivity index is 2.63. The number of methoxy groups -OCH3 is 1. The van der Waals surface area contributed by atoms with E-state index in [1.54, 1.807) is 6.92 Å². The van der Waals surface area contributed by atoms with Crippen molar-refractivity contribution < 1.29 is 19.1 Å². The lowest BCUT2D eigenvalue weighted by Crippen LogP contribution is -2.52. The van der Waals surface area contributed by atoms with Crippen LogP contribution in [0.1, 0.15) is 32.6 Å². The van der Waals surface area contributed by atoms with Gasteiger partial charge in [0.15, 0.2) is 5.78 Å². The van der Waals surface area contributed by atoms with E-state index in [-0.39, 0.29) is 12.3 Å². The molecule has 1 N–H and O–H groups in total. The van der Waals surface area contributed by atoms with Crippen molar-refractivity contribution >= 4 is 11.9 Å². The molecule has 16 heavy (non-hydrogen) atoms. The molecule has 1 atom stereocenters. The Morgan fingerprint density at radius 3 is 2.69 bits per heavy atom. The Bertz CT molecular complexity index is 259. The fourth-order valence-corrected chi connectivity index (χ4v) is 1.92. The van der Waals surface area contributed by atoms with E-state index in [1.165, 1.54) is 7.11 Å². The summed E-state index contributed by atoms with van der Waals surface area (Å²) in [5.74, 6) is 0.0450. The molecular formula is C11H19NO4. The number of ketones is 1. The van der Waals surface area contributed by atoms with Crippen LogP contribution in [0.25, 0.3) is 0 Å². The maximum absolute atomic E-state index is 11.9. The van der Waals surface area contributed by atoms with Crippen molar-refractivity contribution in [3.8, 4) is 0 Å². The highest BCUT2D eigenvalue weighted by molar-refractivity contribution is 5.88. The van der Waals surface area contributed by atoms with E-state index >= 15 is 0 Å². The Kier molecular flexibility index (Phi) is 4.73. The third-order valence-electron chi connectivity index (χ3n) is 2.89. The number of hydrogen-bond acceptors (Lipinski definition) is 4. The van der Waals surface area contributed by atoms with E-state index in [0.29, 0.717) is 19.4 Å². The molecule has 1 fully saturated rings. The summed E-state index contributed by atoms with van der Waals surface area (Å²) in [5, 5.41) is 2.55. The van der Waals surface area contributed by atoms with Crippen LogP contribution >= 0.6 is 0 Å². The predicted octanol–water partition coefficient (Wildman–Crippen LogP) is 1.26. The van der Waals surface area contributed by atoms with E-state index in [0.717, 1.165) is 12.8 Å². The molecule has 0 saturated carbocycles. The summed E-state index contributed by atoms with van der Waals surface area (Å²) in [6.45, 7) is 2.58. The monoisotopic (exact) mass is 229 g/mol. The zero-order valence-electron chi connectivity index (χ0n) is 9.88. The van der Waals surface area contributed by atoms with Gasteiger partial charge in [-0.2, -0.15) is 0 Å². The largest absolute Gasteiger partial charge is 0.453 e. The van der Waals surface area contributed by atoms with Gasteiger partial charge >= 0.3 is 6.09 Å². The van der Waals surface area contributed by atoms with Crippen LogP contribution in [0, 0.1) is 0 Å². The number of rotatable bonds is 4. The van der Waals surface area contributed by atoms with Crippen LogP contribution in [-0.4, -0.2) is 37.7 Å². The Hall–Kier alpha value is -1.10. The Morgan fingerprint density at radius 1 is 1.44 bits per heavy atom. The summed E-state index contributed by atoms with van der Waals surface area (Å²) in [7, 11) is 1.30. The number of amides is 1. The van der Waals surface area contributed by atoms with E-state index < -0.39 is 11.7 Å². The van der Waals surface area contributed by atoms with Gasteiger partial charge in [-0.3, -0.25) is 4.79 Å². The smallest absolute Gasteiger partial charge is 0.406 e. The van der Waals surface area contributed by atoms with Crippen molar-refractivity contribution in [2.75, 3.05) is 20.3 Å². The van der Waals surface area contributed by atoms with Crippen molar-refractivity contribution in [3.05, 3.63) is 0 Å². The van der Waals surface area contributed by atoms with Gasteiger partial charge in [0, 0.05) is 13.0 Å². The van der Waals surface area contributed by atoms with Crippen LogP contribution in [0.4, 0.5) is 4.79 Å². The van der Waals surface area contributed by atoms with Crippen molar-refractivity contribution in [1.82, 2.24) is 5.32 Å². The molecule has 1 saturated heterocycles. The third kappa shape index (κ3) is 2.95. The third-order valence-corrected chi connectivity index (χ3v) is 2.89. The minimum atomic E-state index is -0.832. The van der Waals surface area contributed by atoms with Gasteiger partial charge in [0.1, 0.15) is 5.60 Å². The minimum absolute atomic E-state index is 0.0450. The number of alkyl carbamates (subject to hydrolysis) is 1. The van der Waals surface area contributed by atoms with Gasteiger partial charge in [0.05, 0.1) is 13.7 Å². The summed E-state index contributed by atoms with van der Waals surface area (Å²) in [5.41, 5.74) is -0.832. The van der Waals surface area contributed by atoms with E-state index in [2.05, 4.69) is 10.1 Å². The van der Waals surface area contributed by atoms with Gasteiger partial charge in [0.25, 0.3) is 0 Å². The molecule has 0 spiro atoms. The maximum Gasteiger partial charge on any atom is 0.406 e. The standard InChI is InChI=1S/C11H19NO4/c1-3-9(13)11(6-4-5-7-16-11)8-12-10(14)15-2/h3-8H2,1-2H3,(H,12,14). The molecule has 92 valence electrons. The first-order valence-corrected chi connectivity index (χ1v) is 5.63. The summed E-state index contributed by atoms with van der Waals surface area (Å²) in [4.78, 5) is 22.9. The van der Waals surface area contributed by atoms with Crippen LogP contribution in [0.2, 0.25) is 0 Å². The number of carbonyl (C=O) groups is 2. The number of ether oxygens (including phenoxy) is 2. The fourth-order valence-electron chi connectivity index (χ4n) is 1.92. The average Bonchev–Trinajstić information content (AvgIpc) is 2.36. The molecule has 0 radical (unpaired) electrons. The quantitative estimate of drug-likeness (QED) is 0.788. The highest BCUT2D eigenvalue weighted by atomic mass is 16.5. The molecule has 1 rings (SSSR count). The number of nitrogens with one attached hydrogen (secondary N) is 1. The van der Waals surface area contributed by atoms with Gasteiger partial charge in [0.2, 0.25) is 0 Å². The average molecular weight is 229 g/mol. The molecule has 0 aliphatic carbocycles. The van der Waals surface area contributed by atoms with E-state index in [4.69, 9.17) is 4.74 Å². The van der Waals surface area contributed by atoms with Gasteiger partial charge in [-0.15, -0.1) is 0 Å². The second kappa shape index (κ2) is 5.84. The SMILES string of the molecule is CCC(=O)C1(CNC(=O)OC)CCCCO1. The minimum Gasteiger partial charge on any atom is -0.453 e. The number of Topliss-reactive ketones (excluding diaryl/α,β-unsaturated/α-hetero) is 1. The Labute approximate surface area is 95.5 Å². The van der Waals surface area contributed by atoms with E-state index in [9.17, 15) is 9.59 Å². The molecule has 1 aliphatic heterocycles. The van der Waals surface area contributed by atoms with Crippen molar-refractivity contribution in [1.29, 1.82) is 0 Å². The van der Waals surface area contributed by atoms with Crippen LogP contribution in [-0.2, 0) is 14.3 Å². The van der Waals surface area contributed by atoms with Crippen LogP contribution < -0.4 is 5.32 Å². The zero-order valence-corrected chi connectivity index (χ0v) is 9.88. The molecule has 0 aromatic carbocycles. The van der Waals surface area contributed by atoms with Crippen LogP contribution in [0.3, 0.4) is 0 Å². The number of carbonyl (C=O) groups excluding carboxylic acids is 2. The highest BCUT2D eigenvalue weighted by Crippen LogP contribution is 2.26. The highest BCUT2D eigenvalue weighted by Gasteiger charge is 2.39. The molecule has 0 aromatic heterocycles. The normalized spacial score (nSPS) is 24.9. The van der Waals surface area contributed by atoms with Crippen molar-refractivity contribution in [3.63, 3.8) is 0 Å². The topological polar surface area (TPSA) is 64.6 Å². The lowest BCUT2D eigenvalue weighted by atomic mass is 9.88. The second-order valence-corrected chi connectivity index (χ2v) is 3.92. The summed E-state index contributed by atoms with van der Waals surface area (Å²) in [6.07, 6.45) is 2.48. The van der Waals surface area contributed by atoms with Crippen molar-refractivity contribution in [2.45, 2.75) is 38.2 Å². The van der Waals surface area contributed by atoms with Gasteiger partial charge in [-0.05, 0) is 19.3 Å². The lowest BCUT2D eigenvalue weighted by molar-refractivity contribution is -0.149. The van der Waals surface area contributed by atoms with Gasteiger partial charge in [-0.25, -0.2) is 4.79 Å². The maximum atomic E-state index is 11.9. The zero-order chi connectivity index (χ0) is 12.0. The van der Waals surface area contributed by atoms with Crippen LogP contribution in [0.15, 0.2) is 0 Å². The molecule has 1 unspecified atom stereocenters. The predicted molar refractivity (Wildman–Crippen MR) is 58.2 cm³/mol. The molecule has 1 aliphatic rings. The molecule has 0 aromatic rings. The number of hydrogen-bond donors (Lipinski definition) is 1. The van der Waals surface area contributed by atoms with E-state index in [1.807, 2.05) is 0 Å². The van der Waals surface area contributed by atoms with Gasteiger partial charge < -0.3 is 14.8 Å². The molecule has 5 heteroatoms. The lowest BCUT2D eigenvalue weighted by Gasteiger charge is -2.35.